The van der Waals surface area contributed by atoms with E-state index in [4.69, 9.17) is 14.0 Å². The lowest BCUT2D eigenvalue weighted by Gasteiger charge is -2.15. The van der Waals surface area contributed by atoms with Gasteiger partial charge < -0.3 is 24.6 Å². The molecule has 0 saturated heterocycles. The summed E-state index contributed by atoms with van der Waals surface area (Å²) < 4.78 is 17.1. The van der Waals surface area contributed by atoms with Crippen molar-refractivity contribution in [2.75, 3.05) is 20.3 Å². The zero-order chi connectivity index (χ0) is 19.1. The van der Waals surface area contributed by atoms with E-state index < -0.39 is 0 Å². The Morgan fingerprint density at radius 3 is 2.70 bits per heavy atom. The third-order valence-electron chi connectivity index (χ3n) is 4.56. The number of aliphatic imine (C=N–C) groups is 1. The Hall–Kier alpha value is -2.70. The highest BCUT2D eigenvalue weighted by molar-refractivity contribution is 5.79. The van der Waals surface area contributed by atoms with E-state index in [0.717, 1.165) is 53.3 Å². The average Bonchev–Trinajstić information content (AvgIpc) is 2.94. The second-order valence-corrected chi connectivity index (χ2v) is 6.31. The van der Waals surface area contributed by atoms with E-state index in [0.29, 0.717) is 32.3 Å². The minimum absolute atomic E-state index is 0.594. The number of nitrogens with zero attached hydrogens (tertiary/aromatic N) is 2. The molecule has 1 aromatic carbocycles. The van der Waals surface area contributed by atoms with Crippen LogP contribution in [0.1, 0.15) is 42.8 Å². The highest BCUT2D eigenvalue weighted by Gasteiger charge is 2.16. The quantitative estimate of drug-likeness (QED) is 0.599. The van der Waals surface area contributed by atoms with Crippen LogP contribution in [0.3, 0.4) is 0 Å². The molecule has 7 nitrogen and oxygen atoms in total. The van der Waals surface area contributed by atoms with E-state index in [9.17, 15) is 0 Å². The molecule has 0 amide bonds. The molecule has 0 aliphatic carbocycles. The monoisotopic (exact) mass is 372 g/mol. The third-order valence-corrected chi connectivity index (χ3v) is 4.56. The van der Waals surface area contributed by atoms with Crippen molar-refractivity contribution < 1.29 is 14.0 Å². The topological polar surface area (TPSA) is 80.9 Å². The summed E-state index contributed by atoms with van der Waals surface area (Å²) >= 11 is 0. The summed E-state index contributed by atoms with van der Waals surface area (Å²) in [5.41, 5.74) is 3.16. The predicted octanol–water partition coefficient (Wildman–Crippen LogP) is 2.83. The maximum atomic E-state index is 5.88. The van der Waals surface area contributed by atoms with Crippen molar-refractivity contribution in [2.45, 2.75) is 46.2 Å². The van der Waals surface area contributed by atoms with Gasteiger partial charge in [-0.2, -0.15) is 0 Å². The van der Waals surface area contributed by atoms with Crippen molar-refractivity contribution in [1.82, 2.24) is 15.8 Å². The number of aryl methyl sites for hydroxylation is 2. The van der Waals surface area contributed by atoms with E-state index >= 15 is 0 Å². The molecular formula is C20H28N4O3. The molecule has 2 N–H and O–H groups in total. The lowest BCUT2D eigenvalue weighted by molar-refractivity contribution is 0.296. The van der Waals surface area contributed by atoms with Gasteiger partial charge in [0.15, 0.2) is 17.5 Å². The number of nitrogens with one attached hydrogen (secondary N) is 2. The molecule has 27 heavy (non-hydrogen) atoms. The van der Waals surface area contributed by atoms with Crippen LogP contribution in [0, 0.1) is 0 Å². The maximum Gasteiger partial charge on any atom is 0.191 e. The van der Waals surface area contributed by atoms with Gasteiger partial charge in [-0.25, -0.2) is 0 Å². The molecule has 146 valence electrons. The molecule has 2 heterocycles. The van der Waals surface area contributed by atoms with Gasteiger partial charge in [0.25, 0.3) is 0 Å². The van der Waals surface area contributed by atoms with Crippen LogP contribution >= 0.6 is 0 Å². The van der Waals surface area contributed by atoms with Gasteiger partial charge in [-0.1, -0.05) is 31.1 Å². The van der Waals surface area contributed by atoms with Crippen LogP contribution in [-0.4, -0.2) is 31.4 Å². The molecule has 7 heteroatoms. The molecule has 1 aliphatic rings. The van der Waals surface area contributed by atoms with Gasteiger partial charge in [-0.05, 0) is 12.5 Å². The van der Waals surface area contributed by atoms with Gasteiger partial charge >= 0.3 is 0 Å². The van der Waals surface area contributed by atoms with E-state index in [1.807, 2.05) is 18.2 Å². The number of aromatic nitrogens is 1. The first-order chi connectivity index (χ1) is 13.3. The number of fused-ring (bicyclic) bond motifs is 1. The second kappa shape index (κ2) is 9.30. The lowest BCUT2D eigenvalue weighted by Crippen LogP contribution is -2.36. The molecule has 3 rings (SSSR count). The van der Waals surface area contributed by atoms with Crippen molar-refractivity contribution in [2.24, 2.45) is 4.99 Å². The van der Waals surface area contributed by atoms with E-state index in [1.165, 1.54) is 0 Å². The number of hydrogen-bond donors (Lipinski definition) is 2. The van der Waals surface area contributed by atoms with Gasteiger partial charge in [0.05, 0.1) is 18.9 Å². The summed E-state index contributed by atoms with van der Waals surface area (Å²) in [5.74, 6) is 3.26. The van der Waals surface area contributed by atoms with Crippen molar-refractivity contribution in [3.63, 3.8) is 0 Å². The summed E-state index contributed by atoms with van der Waals surface area (Å²) in [7, 11) is 1.76. The molecule has 0 saturated carbocycles. The van der Waals surface area contributed by atoms with E-state index in [2.05, 4.69) is 34.6 Å². The molecule has 0 fully saturated rings. The fourth-order valence-corrected chi connectivity index (χ4v) is 3.10. The molecule has 0 bridgehead atoms. The fraction of sp³-hybridized carbons (Fsp3) is 0.500. The lowest BCUT2D eigenvalue weighted by atomic mass is 10.1. The summed E-state index contributed by atoms with van der Waals surface area (Å²) in [4.78, 5) is 4.32. The highest BCUT2D eigenvalue weighted by Crippen LogP contribution is 2.33. The zero-order valence-electron chi connectivity index (χ0n) is 16.3. The number of rotatable bonds is 6. The maximum absolute atomic E-state index is 5.88. The van der Waals surface area contributed by atoms with Gasteiger partial charge in [0, 0.05) is 44.1 Å². The molecule has 1 aliphatic heterocycles. The van der Waals surface area contributed by atoms with Crippen LogP contribution in [0.2, 0.25) is 0 Å². The SMILES string of the molecule is CCc1noc(CC)c1CNC(=NC)NCc1cccc2c1OCCCO2. The predicted molar refractivity (Wildman–Crippen MR) is 104 cm³/mol. The van der Waals surface area contributed by atoms with Crippen LogP contribution in [0.5, 0.6) is 11.5 Å². The first-order valence-corrected chi connectivity index (χ1v) is 9.55. The minimum atomic E-state index is 0.594. The smallest absolute Gasteiger partial charge is 0.191 e. The third kappa shape index (κ3) is 4.53. The molecule has 1 aromatic heterocycles. The zero-order valence-corrected chi connectivity index (χ0v) is 16.3. The van der Waals surface area contributed by atoms with Crippen LogP contribution in [0.4, 0.5) is 0 Å². The number of ether oxygens (including phenoxy) is 2. The van der Waals surface area contributed by atoms with Crippen molar-refractivity contribution >= 4 is 5.96 Å². The summed E-state index contributed by atoms with van der Waals surface area (Å²) in [6.45, 7) is 6.73. The Morgan fingerprint density at radius 1 is 1.11 bits per heavy atom. The Bertz CT molecular complexity index is 764. The Kier molecular flexibility index (Phi) is 6.57. The van der Waals surface area contributed by atoms with Gasteiger partial charge in [0.1, 0.15) is 5.76 Å². The summed E-state index contributed by atoms with van der Waals surface area (Å²) in [6, 6.07) is 5.97. The Balaban J connectivity index is 1.63. The van der Waals surface area contributed by atoms with Gasteiger partial charge in [-0.3, -0.25) is 4.99 Å². The van der Waals surface area contributed by atoms with Crippen molar-refractivity contribution in [3.05, 3.63) is 40.8 Å². The molecule has 0 radical (unpaired) electrons. The van der Waals surface area contributed by atoms with E-state index in [1.54, 1.807) is 7.05 Å². The molecule has 0 spiro atoms. The summed E-state index contributed by atoms with van der Waals surface area (Å²) in [6.07, 6.45) is 2.56. The van der Waals surface area contributed by atoms with Crippen molar-refractivity contribution in [1.29, 1.82) is 0 Å². The minimum Gasteiger partial charge on any atom is -0.490 e. The molecular weight excluding hydrogens is 344 g/mol. The second-order valence-electron chi connectivity index (χ2n) is 6.31. The standard InChI is InChI=1S/C20H28N4O3/c1-4-16-15(17(5-2)27-24-16)13-23-20(21-3)22-12-14-8-6-9-18-19(14)26-11-7-10-25-18/h6,8-9H,4-5,7,10-13H2,1-3H3,(H2,21,22,23). The largest absolute Gasteiger partial charge is 0.490 e. The molecule has 0 atom stereocenters. The van der Waals surface area contributed by atoms with Crippen molar-refractivity contribution in [3.8, 4) is 11.5 Å². The van der Waals surface area contributed by atoms with Crippen LogP contribution in [0.25, 0.3) is 0 Å². The van der Waals surface area contributed by atoms with Gasteiger partial charge in [0.2, 0.25) is 0 Å². The Labute approximate surface area is 160 Å². The highest BCUT2D eigenvalue weighted by atomic mass is 16.5. The first-order valence-electron chi connectivity index (χ1n) is 9.55. The average molecular weight is 372 g/mol. The van der Waals surface area contributed by atoms with Gasteiger partial charge in [-0.15, -0.1) is 0 Å². The fourth-order valence-electron chi connectivity index (χ4n) is 3.10. The van der Waals surface area contributed by atoms with Crippen LogP contribution in [0.15, 0.2) is 27.7 Å². The molecule has 2 aromatic rings. The summed E-state index contributed by atoms with van der Waals surface area (Å²) in [5, 5.41) is 10.9. The Morgan fingerprint density at radius 2 is 1.93 bits per heavy atom. The molecule has 0 unspecified atom stereocenters. The number of para-hydroxylation sites is 1. The van der Waals surface area contributed by atoms with Crippen LogP contribution < -0.4 is 20.1 Å². The first kappa shape index (κ1) is 19.1. The number of hydrogen-bond acceptors (Lipinski definition) is 5. The van der Waals surface area contributed by atoms with E-state index in [-0.39, 0.29) is 0 Å². The van der Waals surface area contributed by atoms with Crippen LogP contribution in [-0.2, 0) is 25.9 Å². The normalized spacial score (nSPS) is 14.0. The number of guanidine groups is 1. The number of benzene rings is 1.